The van der Waals surface area contributed by atoms with Crippen molar-refractivity contribution >= 4 is 12.1 Å². The molecular weight excluding hydrogens is 236 g/mol. The number of rotatable bonds is 5. The summed E-state index contributed by atoms with van der Waals surface area (Å²) in [5.74, 6) is -1.19. The standard InChI is InChI=1S/C12H16N2O4/c1-8(13)10(11(15)16)14-12(17)18-7-9-5-3-2-4-6-9/h2-6,8,10H,7,13H2,1H3,(H,14,17)(H,15,16)/t8-,10-/m0/s1. The van der Waals surface area contributed by atoms with Crippen molar-refractivity contribution < 1.29 is 19.4 Å². The smallest absolute Gasteiger partial charge is 0.408 e. The molecule has 4 N–H and O–H groups in total. The molecule has 98 valence electrons. The van der Waals surface area contributed by atoms with Crippen LogP contribution in [-0.4, -0.2) is 29.3 Å². The molecule has 0 bridgehead atoms. The summed E-state index contributed by atoms with van der Waals surface area (Å²) in [7, 11) is 0. The molecule has 1 aromatic rings. The SMILES string of the molecule is C[C@H](N)[C@H](NC(=O)OCc1ccccc1)C(=O)O. The number of ether oxygens (including phenoxy) is 1. The predicted octanol–water partition coefficient (Wildman–Crippen LogP) is 0.713. The lowest BCUT2D eigenvalue weighted by atomic mass is 10.1. The number of carbonyl (C=O) groups excluding carboxylic acids is 1. The van der Waals surface area contributed by atoms with Crippen LogP contribution in [0.15, 0.2) is 30.3 Å². The van der Waals surface area contributed by atoms with Crippen LogP contribution in [0.4, 0.5) is 4.79 Å². The second-order valence-corrected chi connectivity index (χ2v) is 3.88. The van der Waals surface area contributed by atoms with E-state index in [-0.39, 0.29) is 6.61 Å². The van der Waals surface area contributed by atoms with E-state index in [0.29, 0.717) is 0 Å². The molecule has 1 amide bonds. The Bertz CT molecular complexity index is 406. The summed E-state index contributed by atoms with van der Waals surface area (Å²) >= 11 is 0. The summed E-state index contributed by atoms with van der Waals surface area (Å²) < 4.78 is 4.89. The van der Waals surface area contributed by atoms with Gasteiger partial charge >= 0.3 is 12.1 Å². The maximum absolute atomic E-state index is 11.4. The van der Waals surface area contributed by atoms with E-state index in [1.807, 2.05) is 18.2 Å². The van der Waals surface area contributed by atoms with Crippen molar-refractivity contribution in [2.24, 2.45) is 5.73 Å². The summed E-state index contributed by atoms with van der Waals surface area (Å²) in [6, 6.07) is 7.22. The third-order valence-electron chi connectivity index (χ3n) is 2.28. The van der Waals surface area contributed by atoms with Crippen molar-refractivity contribution in [2.75, 3.05) is 0 Å². The van der Waals surface area contributed by atoms with Crippen LogP contribution in [0.1, 0.15) is 12.5 Å². The van der Waals surface area contributed by atoms with Gasteiger partial charge in [-0.2, -0.15) is 0 Å². The van der Waals surface area contributed by atoms with E-state index in [9.17, 15) is 9.59 Å². The first-order chi connectivity index (χ1) is 8.50. The lowest BCUT2D eigenvalue weighted by Gasteiger charge is -2.17. The number of hydrogen-bond donors (Lipinski definition) is 3. The van der Waals surface area contributed by atoms with Gasteiger partial charge in [0, 0.05) is 6.04 Å². The minimum atomic E-state index is -1.19. The molecule has 0 aliphatic rings. The van der Waals surface area contributed by atoms with Crippen molar-refractivity contribution in [3.63, 3.8) is 0 Å². The molecule has 0 aliphatic carbocycles. The number of carboxylic acid groups (broad SMARTS) is 1. The molecule has 0 aliphatic heterocycles. The van der Waals surface area contributed by atoms with Crippen LogP contribution in [-0.2, 0) is 16.1 Å². The second-order valence-electron chi connectivity index (χ2n) is 3.88. The summed E-state index contributed by atoms with van der Waals surface area (Å²) in [4.78, 5) is 22.2. The number of carbonyl (C=O) groups is 2. The monoisotopic (exact) mass is 252 g/mol. The Kier molecular flexibility index (Phi) is 5.13. The Morgan fingerprint density at radius 1 is 1.39 bits per heavy atom. The van der Waals surface area contributed by atoms with Crippen molar-refractivity contribution in [3.8, 4) is 0 Å². The summed E-state index contributed by atoms with van der Waals surface area (Å²) in [6.45, 7) is 1.58. The van der Waals surface area contributed by atoms with Gasteiger partial charge in [0.15, 0.2) is 0 Å². The normalized spacial score (nSPS) is 13.4. The number of aliphatic carboxylic acids is 1. The molecule has 6 nitrogen and oxygen atoms in total. The molecule has 0 saturated heterocycles. The zero-order valence-corrected chi connectivity index (χ0v) is 10.00. The van der Waals surface area contributed by atoms with Gasteiger partial charge in [0.1, 0.15) is 12.6 Å². The lowest BCUT2D eigenvalue weighted by Crippen LogP contribution is -2.51. The number of amides is 1. The van der Waals surface area contributed by atoms with Gasteiger partial charge in [-0.1, -0.05) is 30.3 Å². The Balaban J connectivity index is 2.44. The van der Waals surface area contributed by atoms with Gasteiger partial charge in [-0.05, 0) is 12.5 Å². The van der Waals surface area contributed by atoms with Crippen molar-refractivity contribution in [2.45, 2.75) is 25.6 Å². The third-order valence-corrected chi connectivity index (χ3v) is 2.28. The highest BCUT2D eigenvalue weighted by atomic mass is 16.5. The number of nitrogens with one attached hydrogen (secondary N) is 1. The topological polar surface area (TPSA) is 102 Å². The van der Waals surface area contributed by atoms with E-state index >= 15 is 0 Å². The number of nitrogens with two attached hydrogens (primary N) is 1. The number of carboxylic acids is 1. The van der Waals surface area contributed by atoms with Gasteiger partial charge in [-0.3, -0.25) is 0 Å². The molecule has 0 saturated carbocycles. The second kappa shape index (κ2) is 6.61. The van der Waals surface area contributed by atoms with Crippen LogP contribution in [0, 0.1) is 0 Å². The molecule has 18 heavy (non-hydrogen) atoms. The highest BCUT2D eigenvalue weighted by molar-refractivity contribution is 5.80. The maximum atomic E-state index is 11.4. The fraction of sp³-hybridized carbons (Fsp3) is 0.333. The Morgan fingerprint density at radius 2 is 2.00 bits per heavy atom. The Labute approximate surface area is 105 Å². The van der Waals surface area contributed by atoms with Gasteiger partial charge in [0.2, 0.25) is 0 Å². The van der Waals surface area contributed by atoms with E-state index in [1.54, 1.807) is 12.1 Å². The number of alkyl carbamates (subject to hydrolysis) is 1. The first-order valence-electron chi connectivity index (χ1n) is 5.46. The molecule has 1 aromatic carbocycles. The average molecular weight is 252 g/mol. The Hall–Kier alpha value is -2.08. The first kappa shape index (κ1) is 14.0. The molecule has 0 fully saturated rings. The molecule has 0 spiro atoms. The molecule has 1 rings (SSSR count). The third kappa shape index (κ3) is 4.42. The molecule has 0 radical (unpaired) electrons. The minimum absolute atomic E-state index is 0.0813. The maximum Gasteiger partial charge on any atom is 0.408 e. The van der Waals surface area contributed by atoms with E-state index in [0.717, 1.165) is 5.56 Å². The van der Waals surface area contributed by atoms with Crippen molar-refractivity contribution in [1.29, 1.82) is 0 Å². The zero-order valence-electron chi connectivity index (χ0n) is 10.00. The average Bonchev–Trinajstić information content (AvgIpc) is 2.34. The first-order valence-corrected chi connectivity index (χ1v) is 5.46. The highest BCUT2D eigenvalue weighted by Crippen LogP contribution is 2.01. The van der Waals surface area contributed by atoms with E-state index in [1.165, 1.54) is 6.92 Å². The van der Waals surface area contributed by atoms with Crippen LogP contribution in [0.3, 0.4) is 0 Å². The van der Waals surface area contributed by atoms with Gasteiger partial charge in [-0.15, -0.1) is 0 Å². The van der Waals surface area contributed by atoms with E-state index in [4.69, 9.17) is 15.6 Å². The lowest BCUT2D eigenvalue weighted by molar-refractivity contribution is -0.139. The fourth-order valence-electron chi connectivity index (χ4n) is 1.31. The van der Waals surface area contributed by atoms with Crippen LogP contribution in [0.25, 0.3) is 0 Å². The predicted molar refractivity (Wildman–Crippen MR) is 64.8 cm³/mol. The van der Waals surface area contributed by atoms with Crippen LogP contribution >= 0.6 is 0 Å². The Morgan fingerprint density at radius 3 is 2.50 bits per heavy atom. The molecular formula is C12H16N2O4. The molecule has 6 heteroatoms. The minimum Gasteiger partial charge on any atom is -0.480 e. The van der Waals surface area contributed by atoms with Gasteiger partial charge in [0.25, 0.3) is 0 Å². The van der Waals surface area contributed by atoms with Crippen molar-refractivity contribution in [3.05, 3.63) is 35.9 Å². The molecule has 0 unspecified atom stereocenters. The van der Waals surface area contributed by atoms with E-state index in [2.05, 4.69) is 5.32 Å². The quantitative estimate of drug-likeness (QED) is 0.716. The zero-order chi connectivity index (χ0) is 13.5. The number of benzene rings is 1. The summed E-state index contributed by atoms with van der Waals surface area (Å²) in [6.07, 6.45) is -0.802. The summed E-state index contributed by atoms with van der Waals surface area (Å²) in [5.41, 5.74) is 6.26. The van der Waals surface area contributed by atoms with Crippen LogP contribution < -0.4 is 11.1 Å². The number of hydrogen-bond acceptors (Lipinski definition) is 4. The fourth-order valence-corrected chi connectivity index (χ4v) is 1.31. The van der Waals surface area contributed by atoms with Crippen molar-refractivity contribution in [1.82, 2.24) is 5.32 Å². The largest absolute Gasteiger partial charge is 0.480 e. The summed E-state index contributed by atoms with van der Waals surface area (Å²) in [5, 5.41) is 11.0. The van der Waals surface area contributed by atoms with E-state index < -0.39 is 24.1 Å². The molecule has 0 heterocycles. The van der Waals surface area contributed by atoms with Crippen LogP contribution in [0.5, 0.6) is 0 Å². The van der Waals surface area contributed by atoms with Crippen LogP contribution in [0.2, 0.25) is 0 Å². The van der Waals surface area contributed by atoms with Gasteiger partial charge in [-0.25, -0.2) is 9.59 Å². The van der Waals surface area contributed by atoms with Gasteiger partial charge < -0.3 is 20.9 Å². The molecule has 2 atom stereocenters. The van der Waals surface area contributed by atoms with Gasteiger partial charge in [0.05, 0.1) is 0 Å². The molecule has 0 aromatic heterocycles. The highest BCUT2D eigenvalue weighted by Gasteiger charge is 2.24.